The van der Waals surface area contributed by atoms with E-state index in [0.717, 1.165) is 17.9 Å². The second-order valence-corrected chi connectivity index (χ2v) is 5.51. The summed E-state index contributed by atoms with van der Waals surface area (Å²) in [5.41, 5.74) is 2.23. The van der Waals surface area contributed by atoms with E-state index in [4.69, 9.17) is 4.74 Å². The quantitative estimate of drug-likeness (QED) is 0.687. The Morgan fingerprint density at radius 3 is 1.88 bits per heavy atom. The molecule has 0 aliphatic rings. The summed E-state index contributed by atoms with van der Waals surface area (Å²) in [4.78, 5) is 23.5. The number of hydrogen-bond acceptors (Lipinski definition) is 4. The Labute approximate surface area is 147 Å². The van der Waals surface area contributed by atoms with E-state index < -0.39 is 0 Å². The maximum absolute atomic E-state index is 12.0. The number of anilines is 3. The van der Waals surface area contributed by atoms with Gasteiger partial charge in [-0.25, -0.2) is 0 Å². The molecule has 0 spiro atoms. The molecule has 25 heavy (non-hydrogen) atoms. The fourth-order valence-electron chi connectivity index (χ4n) is 2.18. The van der Waals surface area contributed by atoms with Crippen molar-refractivity contribution in [1.29, 1.82) is 0 Å². The third-order valence-corrected chi connectivity index (χ3v) is 3.47. The van der Waals surface area contributed by atoms with Crippen LogP contribution in [0.5, 0.6) is 5.75 Å². The Hall–Kier alpha value is -3.02. The average molecular weight is 341 g/mol. The number of methoxy groups -OCH3 is 1. The van der Waals surface area contributed by atoms with Gasteiger partial charge in [-0.1, -0.05) is 6.92 Å². The summed E-state index contributed by atoms with van der Waals surface area (Å²) in [5, 5.41) is 8.65. The van der Waals surface area contributed by atoms with Gasteiger partial charge in [-0.05, 0) is 55.0 Å². The van der Waals surface area contributed by atoms with Gasteiger partial charge in [0.1, 0.15) is 5.75 Å². The van der Waals surface area contributed by atoms with Gasteiger partial charge in [-0.3, -0.25) is 9.59 Å². The van der Waals surface area contributed by atoms with Crippen molar-refractivity contribution >= 4 is 28.9 Å². The third-order valence-electron chi connectivity index (χ3n) is 3.47. The zero-order valence-corrected chi connectivity index (χ0v) is 14.5. The van der Waals surface area contributed by atoms with E-state index in [2.05, 4.69) is 16.0 Å². The fourth-order valence-corrected chi connectivity index (χ4v) is 2.18. The highest BCUT2D eigenvalue weighted by atomic mass is 16.5. The molecular formula is C19H23N3O3. The monoisotopic (exact) mass is 341 g/mol. The van der Waals surface area contributed by atoms with Crippen LogP contribution in [0.3, 0.4) is 0 Å². The van der Waals surface area contributed by atoms with E-state index in [1.165, 1.54) is 0 Å². The van der Waals surface area contributed by atoms with E-state index in [1.807, 2.05) is 31.2 Å². The minimum atomic E-state index is -0.154. The number of benzene rings is 2. The summed E-state index contributed by atoms with van der Waals surface area (Å²) in [6.45, 7) is 2.11. The summed E-state index contributed by atoms with van der Waals surface area (Å²) in [6, 6.07) is 14.4. The predicted octanol–water partition coefficient (Wildman–Crippen LogP) is 3.48. The highest BCUT2D eigenvalue weighted by Crippen LogP contribution is 2.16. The van der Waals surface area contributed by atoms with E-state index in [9.17, 15) is 9.59 Å². The highest BCUT2D eigenvalue weighted by Gasteiger charge is 2.04. The fraction of sp³-hybridized carbons (Fsp3) is 0.263. The van der Waals surface area contributed by atoms with Gasteiger partial charge in [-0.2, -0.15) is 0 Å². The van der Waals surface area contributed by atoms with Crippen LogP contribution in [0.1, 0.15) is 19.8 Å². The van der Waals surface area contributed by atoms with Crippen LogP contribution in [0.2, 0.25) is 0 Å². The molecule has 6 heteroatoms. The predicted molar refractivity (Wildman–Crippen MR) is 100 cm³/mol. The molecule has 0 aromatic heterocycles. The molecule has 2 amide bonds. The molecular weight excluding hydrogens is 318 g/mol. The summed E-state index contributed by atoms with van der Waals surface area (Å²) < 4.78 is 5.09. The van der Waals surface area contributed by atoms with Crippen molar-refractivity contribution in [2.24, 2.45) is 0 Å². The molecule has 0 saturated carbocycles. The minimum absolute atomic E-state index is 0.0111. The number of amides is 2. The molecule has 6 nitrogen and oxygen atoms in total. The molecule has 132 valence electrons. The maximum Gasteiger partial charge on any atom is 0.243 e. The van der Waals surface area contributed by atoms with Gasteiger partial charge in [-0.15, -0.1) is 0 Å². The smallest absolute Gasteiger partial charge is 0.243 e. The van der Waals surface area contributed by atoms with Gasteiger partial charge < -0.3 is 20.7 Å². The van der Waals surface area contributed by atoms with Crippen molar-refractivity contribution in [2.45, 2.75) is 19.8 Å². The SMILES string of the molecule is CCCC(=O)Nc1ccc(NC(=O)CNc2ccc(OC)cc2)cc1. The van der Waals surface area contributed by atoms with Crippen LogP contribution in [0.25, 0.3) is 0 Å². The molecule has 0 heterocycles. The summed E-state index contributed by atoms with van der Waals surface area (Å²) >= 11 is 0. The number of rotatable bonds is 8. The van der Waals surface area contributed by atoms with Crippen LogP contribution in [0.4, 0.5) is 17.1 Å². The third kappa shape index (κ3) is 6.18. The van der Waals surface area contributed by atoms with Crippen molar-refractivity contribution in [1.82, 2.24) is 0 Å². The molecule has 0 unspecified atom stereocenters. The zero-order chi connectivity index (χ0) is 18.1. The Morgan fingerprint density at radius 1 is 0.840 bits per heavy atom. The maximum atomic E-state index is 12.0. The van der Waals surface area contributed by atoms with E-state index in [-0.39, 0.29) is 18.4 Å². The lowest BCUT2D eigenvalue weighted by Crippen LogP contribution is -2.21. The van der Waals surface area contributed by atoms with E-state index >= 15 is 0 Å². The van der Waals surface area contributed by atoms with Gasteiger partial charge in [0.05, 0.1) is 13.7 Å². The summed E-state index contributed by atoms with van der Waals surface area (Å²) in [6.07, 6.45) is 1.30. The molecule has 2 aromatic rings. The second kappa shape index (κ2) is 9.32. The van der Waals surface area contributed by atoms with Gasteiger partial charge in [0.15, 0.2) is 0 Å². The van der Waals surface area contributed by atoms with Crippen LogP contribution in [-0.4, -0.2) is 25.5 Å². The zero-order valence-electron chi connectivity index (χ0n) is 14.5. The number of nitrogens with one attached hydrogen (secondary N) is 3. The lowest BCUT2D eigenvalue weighted by Gasteiger charge is -2.09. The number of carbonyl (C=O) groups is 2. The first-order chi connectivity index (χ1) is 12.1. The summed E-state index contributed by atoms with van der Waals surface area (Å²) in [5.74, 6) is 0.600. The van der Waals surface area contributed by atoms with Crippen molar-refractivity contribution in [3.63, 3.8) is 0 Å². The van der Waals surface area contributed by atoms with Gasteiger partial charge in [0.25, 0.3) is 0 Å². The molecule has 2 rings (SSSR count). The highest BCUT2D eigenvalue weighted by molar-refractivity contribution is 5.94. The number of ether oxygens (including phenoxy) is 1. The van der Waals surface area contributed by atoms with Gasteiger partial charge in [0, 0.05) is 23.5 Å². The van der Waals surface area contributed by atoms with Gasteiger partial charge in [0.2, 0.25) is 11.8 Å². The van der Waals surface area contributed by atoms with Crippen molar-refractivity contribution in [3.05, 3.63) is 48.5 Å². The van der Waals surface area contributed by atoms with E-state index in [1.54, 1.807) is 31.4 Å². The van der Waals surface area contributed by atoms with Crippen LogP contribution in [-0.2, 0) is 9.59 Å². The summed E-state index contributed by atoms with van der Waals surface area (Å²) in [7, 11) is 1.61. The first kappa shape index (κ1) is 18.3. The Bertz CT molecular complexity index is 697. The Balaban J connectivity index is 1.80. The molecule has 0 aliphatic carbocycles. The second-order valence-electron chi connectivity index (χ2n) is 5.51. The topological polar surface area (TPSA) is 79.5 Å². The van der Waals surface area contributed by atoms with E-state index in [0.29, 0.717) is 17.8 Å². The van der Waals surface area contributed by atoms with Crippen molar-refractivity contribution < 1.29 is 14.3 Å². The number of carbonyl (C=O) groups excluding carboxylic acids is 2. The molecule has 0 fully saturated rings. The Morgan fingerprint density at radius 2 is 1.36 bits per heavy atom. The Kier molecular flexibility index (Phi) is 6.83. The van der Waals surface area contributed by atoms with Crippen LogP contribution in [0.15, 0.2) is 48.5 Å². The normalized spacial score (nSPS) is 10.0. The first-order valence-corrected chi connectivity index (χ1v) is 8.18. The lowest BCUT2D eigenvalue weighted by molar-refractivity contribution is -0.116. The molecule has 2 aromatic carbocycles. The van der Waals surface area contributed by atoms with Gasteiger partial charge >= 0.3 is 0 Å². The molecule has 0 bridgehead atoms. The van der Waals surface area contributed by atoms with Crippen LogP contribution >= 0.6 is 0 Å². The van der Waals surface area contributed by atoms with Crippen LogP contribution in [0, 0.1) is 0 Å². The minimum Gasteiger partial charge on any atom is -0.497 e. The average Bonchev–Trinajstić information content (AvgIpc) is 2.62. The molecule has 0 atom stereocenters. The van der Waals surface area contributed by atoms with Crippen molar-refractivity contribution in [3.8, 4) is 5.75 Å². The molecule has 0 saturated heterocycles. The lowest BCUT2D eigenvalue weighted by atomic mass is 10.2. The standard InChI is InChI=1S/C19H23N3O3/c1-3-4-18(23)21-15-5-7-16(8-6-15)22-19(24)13-20-14-9-11-17(25-2)12-10-14/h5-12,20H,3-4,13H2,1-2H3,(H,21,23)(H,22,24). The molecule has 0 aliphatic heterocycles. The largest absolute Gasteiger partial charge is 0.497 e. The molecule has 0 radical (unpaired) electrons. The van der Waals surface area contributed by atoms with Crippen molar-refractivity contribution in [2.75, 3.05) is 29.6 Å². The van der Waals surface area contributed by atoms with Crippen LogP contribution < -0.4 is 20.7 Å². The molecule has 3 N–H and O–H groups in total. The first-order valence-electron chi connectivity index (χ1n) is 8.18. The number of hydrogen-bond donors (Lipinski definition) is 3.